The molecule has 0 radical (unpaired) electrons. The molecule has 0 bridgehead atoms. The first-order valence-corrected chi connectivity index (χ1v) is 8.99. The number of fused-ring (bicyclic) bond motifs is 1. The van der Waals surface area contributed by atoms with Gasteiger partial charge in [0.05, 0.1) is 11.4 Å². The van der Waals surface area contributed by atoms with Crippen molar-refractivity contribution in [1.82, 2.24) is 5.32 Å². The van der Waals surface area contributed by atoms with Crippen LogP contribution in [0.1, 0.15) is 25.3 Å². The Kier molecular flexibility index (Phi) is 3.73. The Labute approximate surface area is 121 Å². The molecule has 110 valence electrons. The van der Waals surface area contributed by atoms with E-state index in [9.17, 15) is 8.42 Å². The molecule has 4 nitrogen and oxygen atoms in total. The molecule has 0 aromatic heterocycles. The van der Waals surface area contributed by atoms with E-state index < -0.39 is 10.0 Å². The van der Waals surface area contributed by atoms with Crippen LogP contribution in [0.3, 0.4) is 0 Å². The van der Waals surface area contributed by atoms with E-state index >= 15 is 0 Å². The summed E-state index contributed by atoms with van der Waals surface area (Å²) < 4.78 is 27.2. The Balaban J connectivity index is 1.83. The Morgan fingerprint density at radius 1 is 1.35 bits per heavy atom. The van der Waals surface area contributed by atoms with Crippen molar-refractivity contribution in [3.8, 4) is 0 Å². The van der Waals surface area contributed by atoms with Gasteiger partial charge in [-0.25, -0.2) is 8.42 Å². The fourth-order valence-corrected chi connectivity index (χ4v) is 5.55. The van der Waals surface area contributed by atoms with Crippen LogP contribution in [0, 0.1) is 5.92 Å². The van der Waals surface area contributed by atoms with Crippen LogP contribution in [0.2, 0.25) is 0 Å². The third-order valence-corrected chi connectivity index (χ3v) is 6.34. The summed E-state index contributed by atoms with van der Waals surface area (Å²) in [5.74, 6) is 0.507. The van der Waals surface area contributed by atoms with Gasteiger partial charge in [0.1, 0.15) is 0 Å². The highest BCUT2D eigenvalue weighted by atomic mass is 32.2. The molecule has 1 aromatic rings. The lowest BCUT2D eigenvalue weighted by atomic mass is 10.0. The standard InChI is InChI=1S/C15H22N2O2S/c1-12-9-14-6-2-3-7-15(14)17(12)20(18,19)11-13-5-4-8-16-10-13/h2-3,6-7,12-13,16H,4-5,8-11H2,1H3. The molecule has 2 aliphatic heterocycles. The Morgan fingerprint density at radius 2 is 2.15 bits per heavy atom. The second-order valence-electron chi connectivity index (χ2n) is 5.97. The zero-order valence-electron chi connectivity index (χ0n) is 11.9. The predicted octanol–water partition coefficient (Wildman–Crippen LogP) is 1.77. The lowest BCUT2D eigenvalue weighted by Gasteiger charge is -2.29. The number of para-hydroxylation sites is 1. The van der Waals surface area contributed by atoms with Crippen LogP contribution in [0.4, 0.5) is 5.69 Å². The number of hydrogen-bond acceptors (Lipinski definition) is 3. The number of anilines is 1. The van der Waals surface area contributed by atoms with E-state index in [-0.39, 0.29) is 17.7 Å². The Hall–Kier alpha value is -1.07. The van der Waals surface area contributed by atoms with Crippen LogP contribution < -0.4 is 9.62 Å². The molecule has 2 atom stereocenters. The highest BCUT2D eigenvalue weighted by Gasteiger charge is 2.36. The SMILES string of the molecule is CC1Cc2ccccc2N1S(=O)(=O)CC1CCCNC1. The lowest BCUT2D eigenvalue weighted by Crippen LogP contribution is -2.42. The van der Waals surface area contributed by atoms with Crippen LogP contribution >= 0.6 is 0 Å². The molecular formula is C15H22N2O2S. The van der Waals surface area contributed by atoms with Crippen LogP contribution in [0.5, 0.6) is 0 Å². The van der Waals surface area contributed by atoms with E-state index in [4.69, 9.17) is 0 Å². The zero-order chi connectivity index (χ0) is 14.2. The summed E-state index contributed by atoms with van der Waals surface area (Å²) >= 11 is 0. The van der Waals surface area contributed by atoms with E-state index in [0.717, 1.165) is 43.6 Å². The normalized spacial score (nSPS) is 26.6. The van der Waals surface area contributed by atoms with Crippen molar-refractivity contribution < 1.29 is 8.42 Å². The third-order valence-electron chi connectivity index (χ3n) is 4.29. The summed E-state index contributed by atoms with van der Waals surface area (Å²) in [6, 6.07) is 7.89. The van der Waals surface area contributed by atoms with Gasteiger partial charge in [-0.15, -0.1) is 0 Å². The van der Waals surface area contributed by atoms with Gasteiger partial charge in [-0.3, -0.25) is 4.31 Å². The van der Waals surface area contributed by atoms with Gasteiger partial charge in [-0.1, -0.05) is 18.2 Å². The molecule has 3 rings (SSSR count). The smallest absolute Gasteiger partial charge is 0.235 e. The second kappa shape index (κ2) is 5.37. The molecule has 20 heavy (non-hydrogen) atoms. The van der Waals surface area contributed by atoms with E-state index in [0.29, 0.717) is 0 Å². The molecule has 0 aliphatic carbocycles. The second-order valence-corrected chi connectivity index (χ2v) is 7.86. The van der Waals surface area contributed by atoms with E-state index in [2.05, 4.69) is 5.32 Å². The molecule has 2 heterocycles. The van der Waals surface area contributed by atoms with Gasteiger partial charge in [0.15, 0.2) is 0 Å². The van der Waals surface area contributed by atoms with Gasteiger partial charge in [-0.2, -0.15) is 0 Å². The highest BCUT2D eigenvalue weighted by molar-refractivity contribution is 7.92. The fourth-order valence-electron chi connectivity index (χ4n) is 3.41. The number of rotatable bonds is 3. The Morgan fingerprint density at radius 3 is 2.90 bits per heavy atom. The molecule has 1 N–H and O–H groups in total. The maximum atomic E-state index is 12.8. The molecule has 5 heteroatoms. The average molecular weight is 294 g/mol. The van der Waals surface area contributed by atoms with Crippen molar-refractivity contribution >= 4 is 15.7 Å². The largest absolute Gasteiger partial charge is 0.316 e. The summed E-state index contributed by atoms with van der Waals surface area (Å²) in [6.07, 6.45) is 2.90. The van der Waals surface area contributed by atoms with Crippen molar-refractivity contribution in [2.45, 2.75) is 32.2 Å². The van der Waals surface area contributed by atoms with Crippen LogP contribution in [-0.4, -0.2) is 33.3 Å². The van der Waals surface area contributed by atoms with Crippen LogP contribution in [0.25, 0.3) is 0 Å². The van der Waals surface area contributed by atoms with Crippen LogP contribution in [-0.2, 0) is 16.4 Å². The minimum atomic E-state index is -3.23. The summed E-state index contributed by atoms with van der Waals surface area (Å²) in [4.78, 5) is 0. The average Bonchev–Trinajstić information content (AvgIpc) is 2.75. The van der Waals surface area contributed by atoms with E-state index in [1.807, 2.05) is 31.2 Å². The van der Waals surface area contributed by atoms with Crippen molar-refractivity contribution in [3.05, 3.63) is 29.8 Å². The third kappa shape index (κ3) is 2.56. The summed E-state index contributed by atoms with van der Waals surface area (Å²) in [6.45, 7) is 3.83. The maximum absolute atomic E-state index is 12.8. The first kappa shape index (κ1) is 13.9. The van der Waals surface area contributed by atoms with Gasteiger partial charge in [0, 0.05) is 6.04 Å². The molecule has 0 spiro atoms. The fraction of sp³-hybridized carbons (Fsp3) is 0.600. The monoisotopic (exact) mass is 294 g/mol. The lowest BCUT2D eigenvalue weighted by molar-refractivity contribution is 0.403. The molecule has 1 aromatic carbocycles. The number of benzene rings is 1. The summed E-state index contributed by atoms with van der Waals surface area (Å²) in [5.41, 5.74) is 2.02. The van der Waals surface area contributed by atoms with Gasteiger partial charge in [0.2, 0.25) is 10.0 Å². The van der Waals surface area contributed by atoms with Gasteiger partial charge in [-0.05, 0) is 56.8 Å². The molecule has 2 unspecified atom stereocenters. The van der Waals surface area contributed by atoms with Crippen LogP contribution in [0.15, 0.2) is 24.3 Å². The number of piperidine rings is 1. The highest BCUT2D eigenvalue weighted by Crippen LogP contribution is 2.35. The molecule has 1 fully saturated rings. The Bertz CT molecular complexity index is 579. The van der Waals surface area contributed by atoms with E-state index in [1.165, 1.54) is 0 Å². The zero-order valence-corrected chi connectivity index (χ0v) is 12.7. The summed E-state index contributed by atoms with van der Waals surface area (Å²) in [5, 5.41) is 3.30. The number of sulfonamides is 1. The molecule has 0 saturated carbocycles. The number of nitrogens with one attached hydrogen (secondary N) is 1. The molecular weight excluding hydrogens is 272 g/mol. The maximum Gasteiger partial charge on any atom is 0.235 e. The molecule has 2 aliphatic rings. The quantitative estimate of drug-likeness (QED) is 0.924. The minimum absolute atomic E-state index is 0.0361. The molecule has 1 saturated heterocycles. The van der Waals surface area contributed by atoms with Crippen molar-refractivity contribution in [3.63, 3.8) is 0 Å². The van der Waals surface area contributed by atoms with Gasteiger partial charge < -0.3 is 5.32 Å². The van der Waals surface area contributed by atoms with Crippen molar-refractivity contribution in [2.24, 2.45) is 5.92 Å². The number of hydrogen-bond donors (Lipinski definition) is 1. The topological polar surface area (TPSA) is 49.4 Å². The minimum Gasteiger partial charge on any atom is -0.316 e. The predicted molar refractivity (Wildman–Crippen MR) is 81.5 cm³/mol. The van der Waals surface area contributed by atoms with Crippen molar-refractivity contribution in [2.75, 3.05) is 23.1 Å². The summed E-state index contributed by atoms with van der Waals surface area (Å²) in [7, 11) is -3.23. The van der Waals surface area contributed by atoms with Gasteiger partial charge >= 0.3 is 0 Å². The molecule has 0 amide bonds. The van der Waals surface area contributed by atoms with E-state index in [1.54, 1.807) is 4.31 Å². The van der Waals surface area contributed by atoms with Crippen molar-refractivity contribution in [1.29, 1.82) is 0 Å². The number of nitrogens with zero attached hydrogens (tertiary/aromatic N) is 1. The first-order chi connectivity index (χ1) is 9.58. The first-order valence-electron chi connectivity index (χ1n) is 7.38. The van der Waals surface area contributed by atoms with Gasteiger partial charge in [0.25, 0.3) is 0 Å².